The molecule has 1 fully saturated rings. The Hall–Kier alpha value is -3.37. The van der Waals surface area contributed by atoms with Crippen LogP contribution in [-0.2, 0) is 42.7 Å². The van der Waals surface area contributed by atoms with Gasteiger partial charge in [-0.2, -0.15) is 5.10 Å². The number of aromatic nitrogens is 2. The topological polar surface area (TPSA) is 125 Å². The number of benzene rings is 1. The molecule has 0 bridgehead atoms. The highest BCUT2D eigenvalue weighted by atomic mass is 16.2. The lowest BCUT2D eigenvalue weighted by Crippen LogP contribution is -2.54. The summed E-state index contributed by atoms with van der Waals surface area (Å²) in [6.45, 7) is 2.87. The Balaban J connectivity index is 1.28. The fourth-order valence-electron chi connectivity index (χ4n) is 4.70. The molecule has 3 aliphatic rings. The van der Waals surface area contributed by atoms with Crippen LogP contribution in [0.4, 0.5) is 0 Å². The van der Waals surface area contributed by atoms with Crippen molar-refractivity contribution in [2.24, 2.45) is 7.05 Å². The number of carbonyl (C=O) groups excluding carboxylic acids is 4. The number of rotatable bonds is 5. The minimum atomic E-state index is -0.953. The van der Waals surface area contributed by atoms with E-state index in [0.29, 0.717) is 18.7 Å². The smallest absolute Gasteiger partial charge is 0.262 e. The predicted molar refractivity (Wildman–Crippen MR) is 112 cm³/mol. The van der Waals surface area contributed by atoms with Crippen LogP contribution in [0.5, 0.6) is 0 Å². The first-order valence-electron chi connectivity index (χ1n) is 10.7. The van der Waals surface area contributed by atoms with Gasteiger partial charge in [0.25, 0.3) is 11.8 Å². The van der Waals surface area contributed by atoms with E-state index in [-0.39, 0.29) is 24.3 Å². The van der Waals surface area contributed by atoms with Gasteiger partial charge in [0.05, 0.1) is 16.8 Å². The summed E-state index contributed by atoms with van der Waals surface area (Å²) in [7, 11) is 1.96. The molecule has 4 amide bonds. The van der Waals surface area contributed by atoms with Gasteiger partial charge in [-0.25, -0.2) is 0 Å². The van der Waals surface area contributed by atoms with Gasteiger partial charge >= 0.3 is 0 Å². The van der Waals surface area contributed by atoms with E-state index in [1.807, 2.05) is 11.7 Å². The fourth-order valence-corrected chi connectivity index (χ4v) is 4.70. The third-order valence-corrected chi connectivity index (χ3v) is 6.32. The number of fused-ring (bicyclic) bond motifs is 2. The van der Waals surface area contributed by atoms with E-state index in [0.717, 1.165) is 35.7 Å². The van der Waals surface area contributed by atoms with E-state index in [2.05, 4.69) is 21.0 Å². The monoisotopic (exact) mass is 436 g/mol. The van der Waals surface area contributed by atoms with Crippen molar-refractivity contribution in [2.75, 3.05) is 6.54 Å². The number of aryl methyl sites for hydroxylation is 1. The molecule has 0 spiro atoms. The third-order valence-electron chi connectivity index (χ3n) is 6.32. The molecule has 5 rings (SSSR count). The summed E-state index contributed by atoms with van der Waals surface area (Å²) in [5.74, 6) is -1.98. The average molecular weight is 436 g/mol. The SMILES string of the molecule is Cn1nc(CNCc2ccc3c(c2)C(=O)N(C2CCC(=O)NC2=O)C3=O)c2c1CCNC2. The molecule has 0 aliphatic carbocycles. The van der Waals surface area contributed by atoms with Gasteiger partial charge in [-0.1, -0.05) is 6.07 Å². The van der Waals surface area contributed by atoms with Crippen molar-refractivity contribution in [1.29, 1.82) is 0 Å². The van der Waals surface area contributed by atoms with Crippen LogP contribution >= 0.6 is 0 Å². The fraction of sp³-hybridized carbons (Fsp3) is 0.409. The minimum Gasteiger partial charge on any atom is -0.312 e. The molecule has 1 unspecified atom stereocenters. The maximum absolute atomic E-state index is 12.9. The zero-order chi connectivity index (χ0) is 22.4. The number of nitrogens with zero attached hydrogens (tertiary/aromatic N) is 3. The van der Waals surface area contributed by atoms with Gasteiger partial charge in [0.2, 0.25) is 11.8 Å². The molecule has 1 aromatic heterocycles. The first-order chi connectivity index (χ1) is 15.4. The number of piperidine rings is 1. The van der Waals surface area contributed by atoms with Crippen molar-refractivity contribution >= 4 is 23.6 Å². The van der Waals surface area contributed by atoms with Crippen LogP contribution < -0.4 is 16.0 Å². The molecule has 10 heteroatoms. The normalized spacial score (nSPS) is 20.4. The first kappa shape index (κ1) is 20.5. The number of amides is 4. The van der Waals surface area contributed by atoms with Gasteiger partial charge in [-0.3, -0.25) is 34.1 Å². The number of carbonyl (C=O) groups is 4. The summed E-state index contributed by atoms with van der Waals surface area (Å²) in [6.07, 6.45) is 1.21. The van der Waals surface area contributed by atoms with Gasteiger partial charge in [0.15, 0.2) is 0 Å². The second kappa shape index (κ2) is 7.95. The summed E-state index contributed by atoms with van der Waals surface area (Å²) < 4.78 is 1.94. The highest BCUT2D eigenvalue weighted by Gasteiger charge is 2.44. The highest BCUT2D eigenvalue weighted by molar-refractivity contribution is 6.23. The molecule has 2 aromatic rings. The van der Waals surface area contributed by atoms with Gasteiger partial charge in [0, 0.05) is 57.3 Å². The number of nitrogens with one attached hydrogen (secondary N) is 3. The molecule has 3 N–H and O–H groups in total. The molecule has 0 radical (unpaired) electrons. The van der Waals surface area contributed by atoms with Crippen molar-refractivity contribution in [3.8, 4) is 0 Å². The summed E-state index contributed by atoms with van der Waals surface area (Å²) >= 11 is 0. The van der Waals surface area contributed by atoms with Crippen LogP contribution in [0.3, 0.4) is 0 Å². The van der Waals surface area contributed by atoms with E-state index in [9.17, 15) is 19.2 Å². The Labute approximate surface area is 184 Å². The summed E-state index contributed by atoms with van der Waals surface area (Å²) in [4.78, 5) is 50.3. The molecular formula is C22H24N6O4. The van der Waals surface area contributed by atoms with Crippen molar-refractivity contribution in [2.45, 2.75) is 44.9 Å². The molecule has 1 atom stereocenters. The highest BCUT2D eigenvalue weighted by Crippen LogP contribution is 2.28. The lowest BCUT2D eigenvalue weighted by atomic mass is 10.0. The molecule has 1 aromatic carbocycles. The molecule has 4 heterocycles. The zero-order valence-electron chi connectivity index (χ0n) is 17.7. The predicted octanol–water partition coefficient (Wildman–Crippen LogP) is -0.243. The zero-order valence-corrected chi connectivity index (χ0v) is 17.7. The van der Waals surface area contributed by atoms with E-state index in [4.69, 9.17) is 0 Å². The number of hydrogen-bond acceptors (Lipinski definition) is 7. The van der Waals surface area contributed by atoms with Crippen molar-refractivity contribution < 1.29 is 19.2 Å². The molecule has 0 saturated carbocycles. The quantitative estimate of drug-likeness (QED) is 0.552. The third kappa shape index (κ3) is 3.41. The molecular weight excluding hydrogens is 412 g/mol. The van der Waals surface area contributed by atoms with Gasteiger partial charge < -0.3 is 10.6 Å². The van der Waals surface area contributed by atoms with E-state index >= 15 is 0 Å². The Morgan fingerprint density at radius 2 is 1.91 bits per heavy atom. The van der Waals surface area contributed by atoms with E-state index < -0.39 is 23.8 Å². The van der Waals surface area contributed by atoms with Crippen molar-refractivity contribution in [3.05, 3.63) is 51.8 Å². The van der Waals surface area contributed by atoms with Crippen molar-refractivity contribution in [1.82, 2.24) is 30.6 Å². The summed E-state index contributed by atoms with van der Waals surface area (Å²) in [6, 6.07) is 4.18. The van der Waals surface area contributed by atoms with Crippen LogP contribution in [0.25, 0.3) is 0 Å². The van der Waals surface area contributed by atoms with E-state index in [1.54, 1.807) is 18.2 Å². The standard InChI is InChI=1S/C22H24N6O4/c1-27-17-6-7-23-10-15(17)16(26-27)11-24-9-12-2-3-13-14(8-12)22(32)28(21(13)31)18-4-5-19(29)25-20(18)30/h2-3,8,18,23-24H,4-7,9-11H2,1H3,(H,25,29,30). The maximum Gasteiger partial charge on any atom is 0.262 e. The Bertz CT molecular complexity index is 1150. The average Bonchev–Trinajstić information content (AvgIpc) is 3.23. The Morgan fingerprint density at radius 3 is 2.72 bits per heavy atom. The molecule has 166 valence electrons. The van der Waals surface area contributed by atoms with Crippen LogP contribution in [0.1, 0.15) is 56.1 Å². The summed E-state index contributed by atoms with van der Waals surface area (Å²) in [5.41, 5.74) is 4.94. The second-order valence-electron chi connectivity index (χ2n) is 8.35. The first-order valence-corrected chi connectivity index (χ1v) is 10.7. The van der Waals surface area contributed by atoms with Crippen LogP contribution in [0.15, 0.2) is 18.2 Å². The molecule has 1 saturated heterocycles. The van der Waals surface area contributed by atoms with Crippen LogP contribution in [0, 0.1) is 0 Å². The second-order valence-corrected chi connectivity index (χ2v) is 8.35. The lowest BCUT2D eigenvalue weighted by molar-refractivity contribution is -0.136. The van der Waals surface area contributed by atoms with E-state index in [1.165, 1.54) is 11.3 Å². The Morgan fingerprint density at radius 1 is 1.09 bits per heavy atom. The minimum absolute atomic E-state index is 0.103. The largest absolute Gasteiger partial charge is 0.312 e. The van der Waals surface area contributed by atoms with Gasteiger partial charge in [0.1, 0.15) is 6.04 Å². The van der Waals surface area contributed by atoms with Crippen LogP contribution in [0.2, 0.25) is 0 Å². The van der Waals surface area contributed by atoms with Gasteiger partial charge in [-0.05, 0) is 24.1 Å². The molecule has 10 nitrogen and oxygen atoms in total. The van der Waals surface area contributed by atoms with Crippen LogP contribution in [-0.4, -0.2) is 50.9 Å². The number of hydrogen-bond donors (Lipinski definition) is 3. The summed E-state index contributed by atoms with van der Waals surface area (Å²) in [5, 5.41) is 13.6. The van der Waals surface area contributed by atoms with Gasteiger partial charge in [-0.15, -0.1) is 0 Å². The molecule has 3 aliphatic heterocycles. The maximum atomic E-state index is 12.9. The Kier molecular flexibility index (Phi) is 5.10. The molecule has 32 heavy (non-hydrogen) atoms. The number of imide groups is 2. The van der Waals surface area contributed by atoms with Crippen molar-refractivity contribution in [3.63, 3.8) is 0 Å². The lowest BCUT2D eigenvalue weighted by Gasteiger charge is -2.27.